The Balaban J connectivity index is 1.27. The van der Waals surface area contributed by atoms with Crippen molar-refractivity contribution in [1.82, 2.24) is 25.6 Å². The normalized spacial score (nSPS) is 29.7. The number of aromatic nitrogens is 3. The van der Waals surface area contributed by atoms with Crippen molar-refractivity contribution in [3.63, 3.8) is 0 Å². The Labute approximate surface area is 167 Å². The molecule has 29 heavy (non-hydrogen) atoms. The molecule has 1 spiro atoms. The number of aromatic amines is 1. The highest BCUT2D eigenvalue weighted by atomic mass is 16.5. The van der Waals surface area contributed by atoms with Crippen molar-refractivity contribution in [1.29, 1.82) is 0 Å². The molecule has 2 amide bonds. The largest absolute Gasteiger partial charge is 0.497 e. The Kier molecular flexibility index (Phi) is 4.27. The molecule has 4 atom stereocenters. The van der Waals surface area contributed by atoms with E-state index in [2.05, 4.69) is 20.7 Å². The number of rotatable bonds is 5. The van der Waals surface area contributed by atoms with Gasteiger partial charge in [0.25, 0.3) is 11.8 Å². The summed E-state index contributed by atoms with van der Waals surface area (Å²) < 4.78 is 11.6. The Morgan fingerprint density at radius 3 is 3.14 bits per heavy atom. The summed E-state index contributed by atoms with van der Waals surface area (Å²) in [7, 11) is 1.58. The summed E-state index contributed by atoms with van der Waals surface area (Å²) in [6, 6.07) is 7.10. The smallest absolute Gasteiger partial charge is 0.276 e. The number of carbonyl (C=O) groups is 2. The monoisotopic (exact) mass is 397 g/mol. The van der Waals surface area contributed by atoms with Gasteiger partial charge in [0.1, 0.15) is 5.75 Å². The summed E-state index contributed by atoms with van der Waals surface area (Å²) in [5, 5.41) is 13.2. The van der Waals surface area contributed by atoms with E-state index in [4.69, 9.17) is 9.47 Å². The van der Waals surface area contributed by atoms with Gasteiger partial charge >= 0.3 is 0 Å². The van der Waals surface area contributed by atoms with E-state index in [-0.39, 0.29) is 35.4 Å². The minimum Gasteiger partial charge on any atom is -0.497 e. The molecular formula is C20H23N5O4. The van der Waals surface area contributed by atoms with Gasteiger partial charge in [-0.1, -0.05) is 6.07 Å². The minimum atomic E-state index is -0.296. The molecule has 3 fully saturated rings. The molecule has 0 saturated carbocycles. The number of fused-ring (bicyclic) bond motifs is 1. The number of methoxy groups -OCH3 is 1. The van der Waals surface area contributed by atoms with Crippen LogP contribution in [0.2, 0.25) is 0 Å². The number of nitrogens with zero attached hydrogens (tertiary/aromatic N) is 3. The van der Waals surface area contributed by atoms with Gasteiger partial charge in [-0.25, -0.2) is 0 Å². The van der Waals surface area contributed by atoms with Crippen LogP contribution in [0.4, 0.5) is 0 Å². The molecule has 4 heterocycles. The predicted octanol–water partition coefficient (Wildman–Crippen LogP) is 0.863. The van der Waals surface area contributed by atoms with E-state index in [0.717, 1.165) is 12.8 Å². The number of amides is 2. The second-order valence-corrected chi connectivity index (χ2v) is 8.01. The highest BCUT2D eigenvalue weighted by molar-refractivity contribution is 5.94. The number of hydrogen-bond donors (Lipinski definition) is 2. The number of ether oxygens (including phenoxy) is 2. The highest BCUT2D eigenvalue weighted by Crippen LogP contribution is 2.54. The molecule has 2 bridgehead atoms. The summed E-state index contributed by atoms with van der Waals surface area (Å²) in [5.41, 5.74) is 0.589. The van der Waals surface area contributed by atoms with E-state index in [1.165, 1.54) is 6.20 Å². The Bertz CT molecular complexity index is 933. The second kappa shape index (κ2) is 6.84. The number of H-pyrrole nitrogens is 1. The quantitative estimate of drug-likeness (QED) is 0.775. The average molecular weight is 397 g/mol. The molecule has 0 unspecified atom stereocenters. The van der Waals surface area contributed by atoms with Crippen molar-refractivity contribution in [2.75, 3.05) is 26.7 Å². The van der Waals surface area contributed by atoms with E-state index in [9.17, 15) is 9.59 Å². The SMILES string of the molecule is COc1cccc(C(=O)NC[C@H]2[C@H]3CN(C(=O)c4cn[nH]n4)C[C@]34CC[C@H]2O4)c1. The summed E-state index contributed by atoms with van der Waals surface area (Å²) in [4.78, 5) is 27.1. The summed E-state index contributed by atoms with van der Waals surface area (Å²) >= 11 is 0. The number of likely N-dealkylation sites (tertiary alicyclic amines) is 1. The van der Waals surface area contributed by atoms with Crippen LogP contribution in [0.15, 0.2) is 30.5 Å². The fraction of sp³-hybridized carbons (Fsp3) is 0.500. The number of benzene rings is 1. The molecule has 0 radical (unpaired) electrons. The lowest BCUT2D eigenvalue weighted by Gasteiger charge is -2.29. The minimum absolute atomic E-state index is 0.130. The van der Waals surface area contributed by atoms with E-state index < -0.39 is 0 Å². The summed E-state index contributed by atoms with van der Waals surface area (Å²) in [5.74, 6) is 0.789. The van der Waals surface area contributed by atoms with Gasteiger partial charge in [-0.05, 0) is 31.0 Å². The van der Waals surface area contributed by atoms with Gasteiger partial charge in [0.2, 0.25) is 0 Å². The third-order valence-corrected chi connectivity index (χ3v) is 6.54. The standard InChI is InChI=1S/C20H23N5O4/c1-28-13-4-2-3-12(7-13)18(26)21-8-14-15-10-25(19(27)16-9-22-24-23-16)11-20(15)6-5-17(14)29-20/h2-4,7,9,14-15,17H,5-6,8,10-11H2,1H3,(H,21,26)(H,22,23,24)/t14-,15+,17+,20+/m0/s1. The molecule has 9 heteroatoms. The molecule has 152 valence electrons. The highest BCUT2D eigenvalue weighted by Gasteiger charge is 2.63. The van der Waals surface area contributed by atoms with Crippen LogP contribution in [0.1, 0.15) is 33.7 Å². The first-order valence-electron chi connectivity index (χ1n) is 9.85. The average Bonchev–Trinajstić information content (AvgIpc) is 3.52. The van der Waals surface area contributed by atoms with Crippen LogP contribution in [-0.2, 0) is 4.74 Å². The van der Waals surface area contributed by atoms with Crippen LogP contribution in [-0.4, -0.2) is 70.6 Å². The number of hydrogen-bond acceptors (Lipinski definition) is 6. The van der Waals surface area contributed by atoms with Crippen LogP contribution >= 0.6 is 0 Å². The van der Waals surface area contributed by atoms with Gasteiger partial charge in [-0.3, -0.25) is 9.59 Å². The lowest BCUT2D eigenvalue weighted by atomic mass is 9.73. The van der Waals surface area contributed by atoms with Crippen molar-refractivity contribution in [2.24, 2.45) is 11.8 Å². The molecule has 3 aliphatic heterocycles. The van der Waals surface area contributed by atoms with Gasteiger partial charge in [0.15, 0.2) is 5.69 Å². The first-order valence-corrected chi connectivity index (χ1v) is 9.85. The van der Waals surface area contributed by atoms with Gasteiger partial charge in [0.05, 0.1) is 31.6 Å². The molecule has 2 N–H and O–H groups in total. The zero-order chi connectivity index (χ0) is 20.0. The van der Waals surface area contributed by atoms with Crippen LogP contribution < -0.4 is 10.1 Å². The Hall–Kier alpha value is -2.94. The predicted molar refractivity (Wildman–Crippen MR) is 101 cm³/mol. The molecule has 0 aliphatic carbocycles. The van der Waals surface area contributed by atoms with Crippen molar-refractivity contribution in [2.45, 2.75) is 24.5 Å². The van der Waals surface area contributed by atoms with Crippen molar-refractivity contribution < 1.29 is 19.1 Å². The Morgan fingerprint density at radius 2 is 2.34 bits per heavy atom. The maximum Gasteiger partial charge on any atom is 0.276 e. The van der Waals surface area contributed by atoms with Gasteiger partial charge in [-0.2, -0.15) is 15.4 Å². The molecule has 2 aromatic rings. The summed E-state index contributed by atoms with van der Waals surface area (Å²) in [6.07, 6.45) is 3.49. The zero-order valence-electron chi connectivity index (χ0n) is 16.1. The molecule has 5 rings (SSSR count). The van der Waals surface area contributed by atoms with Crippen molar-refractivity contribution >= 4 is 11.8 Å². The van der Waals surface area contributed by atoms with Crippen molar-refractivity contribution in [3.05, 3.63) is 41.7 Å². The molecule has 1 aromatic heterocycles. The van der Waals surface area contributed by atoms with E-state index >= 15 is 0 Å². The van der Waals surface area contributed by atoms with E-state index in [0.29, 0.717) is 36.6 Å². The molecule has 1 aromatic carbocycles. The third kappa shape index (κ3) is 2.96. The molecule has 9 nitrogen and oxygen atoms in total. The van der Waals surface area contributed by atoms with Gasteiger partial charge in [-0.15, -0.1) is 0 Å². The van der Waals surface area contributed by atoms with E-state index in [1.54, 1.807) is 30.2 Å². The lowest BCUT2D eigenvalue weighted by molar-refractivity contribution is 0.00311. The van der Waals surface area contributed by atoms with Crippen LogP contribution in [0.25, 0.3) is 0 Å². The summed E-state index contributed by atoms with van der Waals surface area (Å²) in [6.45, 7) is 1.71. The Morgan fingerprint density at radius 1 is 1.45 bits per heavy atom. The number of carbonyl (C=O) groups excluding carboxylic acids is 2. The first-order chi connectivity index (χ1) is 14.1. The van der Waals surface area contributed by atoms with E-state index in [1.807, 2.05) is 6.07 Å². The lowest BCUT2D eigenvalue weighted by Crippen LogP contribution is -2.41. The molecule has 3 saturated heterocycles. The fourth-order valence-corrected chi connectivity index (χ4v) is 5.16. The fourth-order valence-electron chi connectivity index (χ4n) is 5.16. The maximum atomic E-state index is 12.7. The topological polar surface area (TPSA) is 109 Å². The second-order valence-electron chi connectivity index (χ2n) is 8.01. The van der Waals surface area contributed by atoms with Crippen LogP contribution in [0.5, 0.6) is 5.75 Å². The van der Waals surface area contributed by atoms with Crippen LogP contribution in [0, 0.1) is 11.8 Å². The first kappa shape index (κ1) is 18.1. The van der Waals surface area contributed by atoms with Crippen molar-refractivity contribution in [3.8, 4) is 5.75 Å². The maximum absolute atomic E-state index is 12.7. The number of nitrogens with one attached hydrogen (secondary N) is 2. The zero-order valence-corrected chi connectivity index (χ0v) is 16.1. The van der Waals surface area contributed by atoms with Crippen LogP contribution in [0.3, 0.4) is 0 Å². The van der Waals surface area contributed by atoms with Gasteiger partial charge in [0, 0.05) is 30.5 Å². The molecule has 3 aliphatic rings. The third-order valence-electron chi connectivity index (χ3n) is 6.54. The van der Waals surface area contributed by atoms with Gasteiger partial charge < -0.3 is 19.7 Å². The molecular weight excluding hydrogens is 374 g/mol.